The van der Waals surface area contributed by atoms with Gasteiger partial charge in [-0.2, -0.15) is 4.31 Å². The van der Waals surface area contributed by atoms with Crippen LogP contribution in [0.3, 0.4) is 0 Å². The monoisotopic (exact) mass is 338 g/mol. The lowest BCUT2D eigenvalue weighted by Crippen LogP contribution is -2.47. The number of rotatable bonds is 3. The minimum absolute atomic E-state index is 0.00676. The molecular weight excluding hydrogens is 316 g/mol. The SMILES string of the molecule is Cc1cccc(S(=O)(=O)N2C[C@@H]3C[C@H](C(=O)N(C)C)[C@H](C2)O3)c1. The summed E-state index contributed by atoms with van der Waals surface area (Å²) in [7, 11) is -0.123. The predicted molar refractivity (Wildman–Crippen MR) is 85.4 cm³/mol. The number of hydrogen-bond acceptors (Lipinski definition) is 4. The van der Waals surface area contributed by atoms with E-state index in [-0.39, 0.29) is 30.6 Å². The molecule has 1 aromatic carbocycles. The zero-order valence-electron chi connectivity index (χ0n) is 13.6. The number of ether oxygens (including phenoxy) is 1. The van der Waals surface area contributed by atoms with Crippen LogP contribution < -0.4 is 0 Å². The molecule has 0 spiro atoms. The maximum absolute atomic E-state index is 12.8. The second kappa shape index (κ2) is 5.89. The first-order chi connectivity index (χ1) is 10.8. The summed E-state index contributed by atoms with van der Waals surface area (Å²) in [6.45, 7) is 2.41. The van der Waals surface area contributed by atoms with Gasteiger partial charge in [0.1, 0.15) is 0 Å². The van der Waals surface area contributed by atoms with E-state index in [1.807, 2.05) is 13.0 Å². The molecule has 2 aliphatic heterocycles. The highest BCUT2D eigenvalue weighted by molar-refractivity contribution is 7.89. The molecule has 1 amide bonds. The molecule has 3 rings (SSSR count). The van der Waals surface area contributed by atoms with Gasteiger partial charge in [-0.15, -0.1) is 0 Å². The molecule has 23 heavy (non-hydrogen) atoms. The molecule has 0 radical (unpaired) electrons. The van der Waals surface area contributed by atoms with Crippen LogP contribution in [0.25, 0.3) is 0 Å². The molecular formula is C16H22N2O4S. The summed E-state index contributed by atoms with van der Waals surface area (Å²) in [4.78, 5) is 14.1. The number of morpholine rings is 1. The molecule has 2 bridgehead atoms. The highest BCUT2D eigenvalue weighted by Gasteiger charge is 2.47. The molecule has 2 saturated heterocycles. The number of nitrogens with zero attached hydrogens (tertiary/aromatic N) is 2. The number of hydrogen-bond donors (Lipinski definition) is 0. The average molecular weight is 338 g/mol. The van der Waals surface area contributed by atoms with Gasteiger partial charge in [-0.25, -0.2) is 8.42 Å². The van der Waals surface area contributed by atoms with Crippen molar-refractivity contribution in [1.82, 2.24) is 9.21 Å². The first-order valence-corrected chi connectivity index (χ1v) is 9.16. The Morgan fingerprint density at radius 2 is 2.04 bits per heavy atom. The summed E-state index contributed by atoms with van der Waals surface area (Å²) in [6, 6.07) is 6.90. The van der Waals surface area contributed by atoms with Gasteiger partial charge in [-0.05, 0) is 31.0 Å². The van der Waals surface area contributed by atoms with Crippen LogP contribution in [0.2, 0.25) is 0 Å². The fourth-order valence-corrected chi connectivity index (χ4v) is 4.92. The molecule has 6 nitrogen and oxygen atoms in total. The number of carbonyl (C=O) groups is 1. The minimum atomic E-state index is -3.55. The van der Waals surface area contributed by atoms with Crippen LogP contribution in [-0.2, 0) is 19.6 Å². The Morgan fingerprint density at radius 1 is 1.30 bits per heavy atom. The van der Waals surface area contributed by atoms with Crippen LogP contribution in [0.1, 0.15) is 12.0 Å². The van der Waals surface area contributed by atoms with E-state index in [1.165, 1.54) is 4.31 Å². The first kappa shape index (κ1) is 16.4. The third-order valence-corrected chi connectivity index (χ3v) is 6.34. The van der Waals surface area contributed by atoms with Gasteiger partial charge < -0.3 is 9.64 Å². The van der Waals surface area contributed by atoms with Crippen LogP contribution in [0.4, 0.5) is 0 Å². The van der Waals surface area contributed by atoms with Crippen molar-refractivity contribution in [2.75, 3.05) is 27.2 Å². The molecule has 2 fully saturated rings. The van der Waals surface area contributed by atoms with Crippen molar-refractivity contribution < 1.29 is 17.9 Å². The fourth-order valence-electron chi connectivity index (χ4n) is 3.34. The summed E-state index contributed by atoms with van der Waals surface area (Å²) in [6.07, 6.45) is 0.0205. The molecule has 0 saturated carbocycles. The molecule has 2 heterocycles. The van der Waals surface area contributed by atoms with Gasteiger partial charge in [-0.1, -0.05) is 12.1 Å². The van der Waals surface area contributed by atoms with Gasteiger partial charge in [0.05, 0.1) is 23.0 Å². The Hall–Kier alpha value is -1.44. The van der Waals surface area contributed by atoms with Gasteiger partial charge in [0.2, 0.25) is 15.9 Å². The molecule has 0 aliphatic carbocycles. The summed E-state index contributed by atoms with van der Waals surface area (Å²) < 4.78 is 33.0. The van der Waals surface area contributed by atoms with E-state index in [0.29, 0.717) is 17.9 Å². The Labute approximate surface area is 137 Å². The van der Waals surface area contributed by atoms with Crippen molar-refractivity contribution in [3.8, 4) is 0 Å². The van der Waals surface area contributed by atoms with Gasteiger partial charge in [-0.3, -0.25) is 4.79 Å². The zero-order chi connectivity index (χ0) is 16.8. The maximum Gasteiger partial charge on any atom is 0.243 e. The van der Waals surface area contributed by atoms with Crippen LogP contribution >= 0.6 is 0 Å². The number of amides is 1. The van der Waals surface area contributed by atoms with E-state index >= 15 is 0 Å². The van der Waals surface area contributed by atoms with Crippen LogP contribution in [-0.4, -0.2) is 62.9 Å². The third-order valence-electron chi connectivity index (χ3n) is 4.51. The van der Waals surface area contributed by atoms with Crippen molar-refractivity contribution in [3.63, 3.8) is 0 Å². The molecule has 0 N–H and O–H groups in total. The van der Waals surface area contributed by atoms with Gasteiger partial charge >= 0.3 is 0 Å². The van der Waals surface area contributed by atoms with Gasteiger partial charge in [0, 0.05) is 27.2 Å². The summed E-state index contributed by atoms with van der Waals surface area (Å²) >= 11 is 0. The van der Waals surface area contributed by atoms with E-state index in [9.17, 15) is 13.2 Å². The molecule has 7 heteroatoms. The topological polar surface area (TPSA) is 66.9 Å². The summed E-state index contributed by atoms with van der Waals surface area (Å²) in [5.41, 5.74) is 0.906. The number of aryl methyl sites for hydroxylation is 1. The van der Waals surface area contributed by atoms with Crippen LogP contribution in [0, 0.1) is 12.8 Å². The second-order valence-corrected chi connectivity index (χ2v) is 8.45. The van der Waals surface area contributed by atoms with Crippen molar-refractivity contribution in [2.45, 2.75) is 30.4 Å². The zero-order valence-corrected chi connectivity index (χ0v) is 14.4. The quantitative estimate of drug-likeness (QED) is 0.820. The molecule has 126 valence electrons. The average Bonchev–Trinajstić information content (AvgIpc) is 2.80. The molecule has 2 aliphatic rings. The highest BCUT2D eigenvalue weighted by atomic mass is 32.2. The second-order valence-electron chi connectivity index (χ2n) is 6.51. The van der Waals surface area contributed by atoms with E-state index in [2.05, 4.69) is 0 Å². The summed E-state index contributed by atoms with van der Waals surface area (Å²) in [5.74, 6) is -0.250. The Bertz CT molecular complexity index is 717. The third kappa shape index (κ3) is 3.00. The predicted octanol–water partition coefficient (Wildman–Crippen LogP) is 0.861. The van der Waals surface area contributed by atoms with Crippen LogP contribution in [0.15, 0.2) is 29.2 Å². The molecule has 0 unspecified atom stereocenters. The number of fused-ring (bicyclic) bond motifs is 2. The van der Waals surface area contributed by atoms with Gasteiger partial charge in [0.15, 0.2) is 0 Å². The molecule has 3 atom stereocenters. The van der Waals surface area contributed by atoms with E-state index in [0.717, 1.165) is 5.56 Å². The van der Waals surface area contributed by atoms with E-state index in [4.69, 9.17) is 4.74 Å². The van der Waals surface area contributed by atoms with E-state index < -0.39 is 10.0 Å². The van der Waals surface area contributed by atoms with Crippen molar-refractivity contribution in [2.24, 2.45) is 5.92 Å². The number of benzene rings is 1. The number of sulfonamides is 1. The van der Waals surface area contributed by atoms with E-state index in [1.54, 1.807) is 37.2 Å². The maximum atomic E-state index is 12.8. The smallest absolute Gasteiger partial charge is 0.243 e. The normalized spacial score (nSPS) is 27.9. The standard InChI is InChI=1S/C16H22N2O4S/c1-11-5-4-6-13(7-11)23(20,21)18-9-12-8-14(15(10-18)22-12)16(19)17(2)3/h4-7,12,14-15H,8-10H2,1-3H3/t12-,14-,15-/m0/s1. The largest absolute Gasteiger partial charge is 0.371 e. The van der Waals surface area contributed by atoms with Gasteiger partial charge in [0.25, 0.3) is 0 Å². The lowest BCUT2D eigenvalue weighted by molar-refractivity contribution is -0.135. The highest BCUT2D eigenvalue weighted by Crippen LogP contribution is 2.35. The molecule has 0 aromatic heterocycles. The fraction of sp³-hybridized carbons (Fsp3) is 0.562. The Kier molecular flexibility index (Phi) is 4.20. The van der Waals surface area contributed by atoms with Crippen molar-refractivity contribution in [3.05, 3.63) is 29.8 Å². The first-order valence-electron chi connectivity index (χ1n) is 7.72. The lowest BCUT2D eigenvalue weighted by atomic mass is 9.99. The van der Waals surface area contributed by atoms with Crippen molar-refractivity contribution >= 4 is 15.9 Å². The Balaban J connectivity index is 1.83. The van der Waals surface area contributed by atoms with Crippen LogP contribution in [0.5, 0.6) is 0 Å². The number of carbonyl (C=O) groups excluding carboxylic acids is 1. The lowest BCUT2D eigenvalue weighted by Gasteiger charge is -2.32. The summed E-state index contributed by atoms with van der Waals surface area (Å²) in [5, 5.41) is 0. The minimum Gasteiger partial charge on any atom is -0.371 e. The Morgan fingerprint density at radius 3 is 2.70 bits per heavy atom. The van der Waals surface area contributed by atoms with Crippen molar-refractivity contribution in [1.29, 1.82) is 0 Å². The molecule has 1 aromatic rings.